The molecule has 0 N–H and O–H groups in total. The largest absolute Gasteiger partial charge is 0.325 e. The highest BCUT2D eigenvalue weighted by Crippen LogP contribution is 2.28. The van der Waals surface area contributed by atoms with Gasteiger partial charge in [0.25, 0.3) is 0 Å². The first-order valence-electron chi connectivity index (χ1n) is 5.08. The summed E-state index contributed by atoms with van der Waals surface area (Å²) in [5, 5.41) is -0.841. The highest BCUT2D eigenvalue weighted by Gasteiger charge is 2.17. The minimum atomic E-state index is -0.841. The van der Waals surface area contributed by atoms with Crippen molar-refractivity contribution in [2.24, 2.45) is 0 Å². The minimum absolute atomic E-state index is 0.0405. The number of halogens is 3. The Labute approximate surface area is 107 Å². The van der Waals surface area contributed by atoms with Gasteiger partial charge in [-0.1, -0.05) is 18.2 Å². The summed E-state index contributed by atoms with van der Waals surface area (Å²) >= 11 is 5.46. The lowest BCUT2D eigenvalue weighted by molar-refractivity contribution is 0.266. The molecular formula is C13H8ClF2NO. The molecule has 0 aliphatic heterocycles. The number of para-hydroxylation sites is 1. The number of hydrogen-bond acceptors (Lipinski definition) is 1. The van der Waals surface area contributed by atoms with Crippen LogP contribution in [-0.4, -0.2) is 5.37 Å². The molecule has 0 heterocycles. The van der Waals surface area contributed by atoms with Crippen molar-refractivity contribution in [3.63, 3.8) is 0 Å². The van der Waals surface area contributed by atoms with E-state index in [1.807, 2.05) is 0 Å². The summed E-state index contributed by atoms with van der Waals surface area (Å²) < 4.78 is 26.3. The average Bonchev–Trinajstić information content (AvgIpc) is 2.28. The van der Waals surface area contributed by atoms with Crippen LogP contribution in [0.2, 0.25) is 0 Å². The molecule has 0 bridgehead atoms. The number of hydrogen-bond donors (Lipinski definition) is 0. The molecule has 0 saturated heterocycles. The fourth-order valence-electron chi connectivity index (χ4n) is 1.60. The first kappa shape index (κ1) is 12.5. The van der Waals surface area contributed by atoms with Gasteiger partial charge in [0.2, 0.25) is 0 Å². The predicted molar refractivity (Wildman–Crippen MR) is 66.2 cm³/mol. The maximum atomic E-state index is 13.1. The first-order valence-corrected chi connectivity index (χ1v) is 5.46. The minimum Gasteiger partial charge on any atom is -0.267 e. The van der Waals surface area contributed by atoms with Crippen LogP contribution in [0, 0.1) is 11.6 Å². The Morgan fingerprint density at radius 2 is 1.50 bits per heavy atom. The molecule has 0 saturated carbocycles. The molecule has 0 spiro atoms. The fourth-order valence-corrected chi connectivity index (χ4v) is 1.79. The van der Waals surface area contributed by atoms with Gasteiger partial charge < -0.3 is 0 Å². The van der Waals surface area contributed by atoms with Gasteiger partial charge in [-0.05, 0) is 35.9 Å². The second-order valence-corrected chi connectivity index (χ2v) is 3.87. The van der Waals surface area contributed by atoms with Crippen LogP contribution in [0.4, 0.5) is 25.0 Å². The molecule has 0 fully saturated rings. The Morgan fingerprint density at radius 1 is 0.944 bits per heavy atom. The third kappa shape index (κ3) is 2.65. The second kappa shape index (κ2) is 5.14. The van der Waals surface area contributed by atoms with Crippen molar-refractivity contribution in [1.29, 1.82) is 0 Å². The van der Waals surface area contributed by atoms with E-state index < -0.39 is 17.0 Å². The Morgan fingerprint density at radius 3 is 2.00 bits per heavy atom. The highest BCUT2D eigenvalue weighted by molar-refractivity contribution is 6.66. The molecule has 1 amide bonds. The van der Waals surface area contributed by atoms with Gasteiger partial charge in [-0.3, -0.25) is 9.69 Å². The van der Waals surface area contributed by atoms with Crippen molar-refractivity contribution in [1.82, 2.24) is 0 Å². The third-order valence-electron chi connectivity index (χ3n) is 2.30. The van der Waals surface area contributed by atoms with E-state index in [1.54, 1.807) is 30.3 Å². The molecule has 2 nitrogen and oxygen atoms in total. The monoisotopic (exact) mass is 267 g/mol. The predicted octanol–water partition coefficient (Wildman–Crippen LogP) is 4.46. The highest BCUT2D eigenvalue weighted by atomic mass is 35.5. The zero-order chi connectivity index (χ0) is 13.1. The summed E-state index contributed by atoms with van der Waals surface area (Å²) in [6.07, 6.45) is 0. The van der Waals surface area contributed by atoms with Crippen molar-refractivity contribution in [2.75, 3.05) is 4.90 Å². The normalized spacial score (nSPS) is 10.2. The lowest BCUT2D eigenvalue weighted by atomic mass is 10.2. The van der Waals surface area contributed by atoms with E-state index in [-0.39, 0.29) is 5.69 Å². The van der Waals surface area contributed by atoms with Crippen LogP contribution in [0.25, 0.3) is 0 Å². The van der Waals surface area contributed by atoms with E-state index >= 15 is 0 Å². The van der Waals surface area contributed by atoms with E-state index in [9.17, 15) is 13.6 Å². The lowest BCUT2D eigenvalue weighted by Crippen LogP contribution is -2.19. The first-order chi connectivity index (χ1) is 8.58. The van der Waals surface area contributed by atoms with Gasteiger partial charge in [0.05, 0.1) is 11.4 Å². The molecule has 0 unspecified atom stereocenters. The third-order valence-corrected chi connectivity index (χ3v) is 2.46. The number of carbonyl (C=O) groups is 1. The molecule has 2 aromatic carbocycles. The second-order valence-electron chi connectivity index (χ2n) is 3.55. The van der Waals surface area contributed by atoms with Gasteiger partial charge in [-0.25, -0.2) is 8.78 Å². The summed E-state index contributed by atoms with van der Waals surface area (Å²) in [5.41, 5.74) is 0.473. The molecule has 18 heavy (non-hydrogen) atoms. The zero-order valence-electron chi connectivity index (χ0n) is 9.11. The molecule has 5 heteroatoms. The van der Waals surface area contributed by atoms with Crippen LogP contribution >= 0.6 is 11.6 Å². The summed E-state index contributed by atoms with van der Waals surface area (Å²) in [4.78, 5) is 12.4. The topological polar surface area (TPSA) is 20.3 Å². The molecule has 92 valence electrons. The van der Waals surface area contributed by atoms with Gasteiger partial charge >= 0.3 is 5.37 Å². The van der Waals surface area contributed by atoms with Crippen LogP contribution in [0.15, 0.2) is 48.5 Å². The fraction of sp³-hybridized carbons (Fsp3) is 0. The number of nitrogens with zero attached hydrogens (tertiary/aromatic N) is 1. The molecule has 2 rings (SSSR count). The summed E-state index contributed by atoms with van der Waals surface area (Å²) in [5.74, 6) is -1.55. The zero-order valence-corrected chi connectivity index (χ0v) is 9.86. The molecule has 2 aromatic rings. The Bertz CT molecular complexity index is 554. The molecule has 0 aliphatic carbocycles. The van der Waals surface area contributed by atoms with Crippen LogP contribution in [-0.2, 0) is 0 Å². The maximum Gasteiger partial charge on any atom is 0.325 e. The van der Waals surface area contributed by atoms with Gasteiger partial charge in [0.1, 0.15) is 11.6 Å². The molecule has 0 atom stereocenters. The average molecular weight is 268 g/mol. The molecular weight excluding hydrogens is 260 g/mol. The maximum absolute atomic E-state index is 13.1. The van der Waals surface area contributed by atoms with Gasteiger partial charge in [0, 0.05) is 6.07 Å². The van der Waals surface area contributed by atoms with Gasteiger partial charge in [-0.2, -0.15) is 0 Å². The van der Waals surface area contributed by atoms with Crippen molar-refractivity contribution in [3.8, 4) is 0 Å². The van der Waals surface area contributed by atoms with Crippen molar-refractivity contribution in [3.05, 3.63) is 60.2 Å². The van der Waals surface area contributed by atoms with E-state index in [1.165, 1.54) is 0 Å². The van der Waals surface area contributed by atoms with E-state index in [0.29, 0.717) is 5.69 Å². The quantitative estimate of drug-likeness (QED) is 0.581. The molecule has 0 aromatic heterocycles. The number of carbonyl (C=O) groups excluding carboxylic acids is 1. The van der Waals surface area contributed by atoms with Crippen LogP contribution in [0.1, 0.15) is 0 Å². The number of rotatable bonds is 2. The number of anilines is 2. The Hall–Kier alpha value is -1.94. The van der Waals surface area contributed by atoms with Gasteiger partial charge in [0.15, 0.2) is 0 Å². The summed E-state index contributed by atoms with van der Waals surface area (Å²) in [7, 11) is 0. The van der Waals surface area contributed by atoms with Crippen LogP contribution < -0.4 is 4.90 Å². The smallest absolute Gasteiger partial charge is 0.267 e. The Kier molecular flexibility index (Phi) is 3.58. The summed E-state index contributed by atoms with van der Waals surface area (Å²) in [6.45, 7) is 0. The van der Waals surface area contributed by atoms with Crippen LogP contribution in [0.3, 0.4) is 0 Å². The number of amides is 1. The van der Waals surface area contributed by atoms with E-state index in [4.69, 9.17) is 11.6 Å². The summed E-state index contributed by atoms with van der Waals surface area (Å²) in [6, 6.07) is 11.2. The Balaban J connectivity index is 2.52. The van der Waals surface area contributed by atoms with Crippen molar-refractivity contribution < 1.29 is 13.6 Å². The van der Waals surface area contributed by atoms with Gasteiger partial charge in [-0.15, -0.1) is 0 Å². The lowest BCUT2D eigenvalue weighted by Gasteiger charge is -2.19. The number of benzene rings is 2. The molecule has 0 radical (unpaired) electrons. The van der Waals surface area contributed by atoms with Crippen molar-refractivity contribution in [2.45, 2.75) is 0 Å². The van der Waals surface area contributed by atoms with Crippen molar-refractivity contribution >= 4 is 28.3 Å². The molecule has 0 aliphatic rings. The van der Waals surface area contributed by atoms with E-state index in [0.717, 1.165) is 23.1 Å². The van der Waals surface area contributed by atoms with E-state index in [2.05, 4.69) is 0 Å². The van der Waals surface area contributed by atoms with Crippen LogP contribution in [0.5, 0.6) is 0 Å². The standard InChI is InChI=1S/C13H8ClF2NO/c14-13(18)17(11-4-2-1-3-5-11)12-7-9(15)6-10(16)8-12/h1-8H. The SMILES string of the molecule is O=C(Cl)N(c1ccccc1)c1cc(F)cc(F)c1.